The van der Waals surface area contributed by atoms with E-state index >= 15 is 0 Å². The van der Waals surface area contributed by atoms with Crippen LogP contribution in [0.15, 0.2) is 6.20 Å². The van der Waals surface area contributed by atoms with Gasteiger partial charge in [0.1, 0.15) is 0 Å². The van der Waals surface area contributed by atoms with Crippen LogP contribution in [-0.4, -0.2) is 24.5 Å². The van der Waals surface area contributed by atoms with Crippen LogP contribution >= 0.6 is 11.3 Å². The first-order chi connectivity index (χ1) is 7.22. The second-order valence-corrected chi connectivity index (χ2v) is 4.62. The van der Waals surface area contributed by atoms with Gasteiger partial charge in [-0.05, 0) is 19.9 Å². The zero-order valence-corrected chi connectivity index (χ0v) is 9.99. The number of nitrogens with one attached hydrogen (secondary N) is 2. The molecule has 0 radical (unpaired) electrons. The van der Waals surface area contributed by atoms with Gasteiger partial charge in [-0.3, -0.25) is 4.79 Å². The van der Waals surface area contributed by atoms with Crippen LogP contribution in [0, 0.1) is 6.92 Å². The molecule has 15 heavy (non-hydrogen) atoms. The van der Waals surface area contributed by atoms with Crippen LogP contribution in [0.1, 0.15) is 22.7 Å². The van der Waals surface area contributed by atoms with Crippen LogP contribution in [0.2, 0.25) is 0 Å². The quantitative estimate of drug-likeness (QED) is 0.715. The summed E-state index contributed by atoms with van der Waals surface area (Å²) in [5.74, 6) is 0.102. The SMILES string of the molecule is CNC(=O)CCCNCc1cnc(C)s1. The minimum absolute atomic E-state index is 0.102. The zero-order chi connectivity index (χ0) is 11.1. The summed E-state index contributed by atoms with van der Waals surface area (Å²) in [6, 6.07) is 0. The average Bonchev–Trinajstić information content (AvgIpc) is 2.63. The molecule has 2 N–H and O–H groups in total. The van der Waals surface area contributed by atoms with Crippen molar-refractivity contribution >= 4 is 17.2 Å². The summed E-state index contributed by atoms with van der Waals surface area (Å²) in [6.07, 6.45) is 3.36. The average molecular weight is 227 g/mol. The highest BCUT2D eigenvalue weighted by Crippen LogP contribution is 2.10. The van der Waals surface area contributed by atoms with E-state index in [1.165, 1.54) is 4.88 Å². The predicted octanol–water partition coefficient (Wildman–Crippen LogP) is 1.07. The maximum Gasteiger partial charge on any atom is 0.219 e. The maximum atomic E-state index is 10.9. The molecule has 1 heterocycles. The molecular formula is C10H17N3OS. The van der Waals surface area contributed by atoms with E-state index in [4.69, 9.17) is 0 Å². The van der Waals surface area contributed by atoms with Gasteiger partial charge < -0.3 is 10.6 Å². The Bertz CT molecular complexity index is 311. The lowest BCUT2D eigenvalue weighted by atomic mass is 10.3. The third-order valence-corrected chi connectivity index (χ3v) is 2.92. The molecule has 0 aliphatic heterocycles. The molecule has 0 bridgehead atoms. The minimum Gasteiger partial charge on any atom is -0.359 e. The van der Waals surface area contributed by atoms with Crippen molar-refractivity contribution in [2.45, 2.75) is 26.3 Å². The van der Waals surface area contributed by atoms with Gasteiger partial charge in [0.15, 0.2) is 0 Å². The van der Waals surface area contributed by atoms with Crippen LogP contribution < -0.4 is 10.6 Å². The minimum atomic E-state index is 0.102. The van der Waals surface area contributed by atoms with Crippen molar-refractivity contribution in [3.63, 3.8) is 0 Å². The number of hydrogen-bond acceptors (Lipinski definition) is 4. The zero-order valence-electron chi connectivity index (χ0n) is 9.17. The summed E-state index contributed by atoms with van der Waals surface area (Å²) >= 11 is 1.70. The summed E-state index contributed by atoms with van der Waals surface area (Å²) in [4.78, 5) is 16.3. The number of rotatable bonds is 6. The van der Waals surface area contributed by atoms with Gasteiger partial charge in [-0.2, -0.15) is 0 Å². The molecule has 0 aliphatic carbocycles. The van der Waals surface area contributed by atoms with Gasteiger partial charge in [0.2, 0.25) is 5.91 Å². The van der Waals surface area contributed by atoms with Crippen LogP contribution in [0.25, 0.3) is 0 Å². The third-order valence-electron chi connectivity index (χ3n) is 2.00. The van der Waals surface area contributed by atoms with Crippen molar-refractivity contribution < 1.29 is 4.79 Å². The van der Waals surface area contributed by atoms with E-state index in [2.05, 4.69) is 15.6 Å². The first-order valence-corrected chi connectivity index (χ1v) is 5.86. The lowest BCUT2D eigenvalue weighted by Gasteiger charge is -2.01. The van der Waals surface area contributed by atoms with Gasteiger partial charge in [0.05, 0.1) is 5.01 Å². The van der Waals surface area contributed by atoms with Gasteiger partial charge in [0.25, 0.3) is 0 Å². The third kappa shape index (κ3) is 4.90. The van der Waals surface area contributed by atoms with E-state index < -0.39 is 0 Å². The molecule has 0 saturated carbocycles. The standard InChI is InChI=1S/C10H17N3OS/c1-8-13-7-9(15-8)6-12-5-3-4-10(14)11-2/h7,12H,3-6H2,1-2H3,(H,11,14). The van der Waals surface area contributed by atoms with E-state index in [1.54, 1.807) is 18.4 Å². The largest absolute Gasteiger partial charge is 0.359 e. The fourth-order valence-electron chi connectivity index (χ4n) is 1.20. The highest BCUT2D eigenvalue weighted by molar-refractivity contribution is 7.11. The van der Waals surface area contributed by atoms with Gasteiger partial charge in [-0.15, -0.1) is 11.3 Å². The molecule has 0 aromatic carbocycles. The van der Waals surface area contributed by atoms with Gasteiger partial charge in [-0.1, -0.05) is 0 Å². The van der Waals surface area contributed by atoms with Crippen molar-refractivity contribution in [1.82, 2.24) is 15.6 Å². The number of carbonyl (C=O) groups is 1. The van der Waals surface area contributed by atoms with Crippen molar-refractivity contribution in [2.24, 2.45) is 0 Å². The Balaban J connectivity index is 2.05. The van der Waals surface area contributed by atoms with E-state index in [0.29, 0.717) is 6.42 Å². The molecule has 0 spiro atoms. The van der Waals surface area contributed by atoms with E-state index in [1.807, 2.05) is 13.1 Å². The van der Waals surface area contributed by atoms with Crippen LogP contribution in [-0.2, 0) is 11.3 Å². The molecule has 4 nitrogen and oxygen atoms in total. The van der Waals surface area contributed by atoms with Crippen LogP contribution in [0.5, 0.6) is 0 Å². The molecule has 1 rings (SSSR count). The van der Waals surface area contributed by atoms with E-state index in [9.17, 15) is 4.79 Å². The lowest BCUT2D eigenvalue weighted by Crippen LogP contribution is -2.20. The molecule has 0 atom stereocenters. The molecule has 0 fully saturated rings. The maximum absolute atomic E-state index is 10.9. The monoisotopic (exact) mass is 227 g/mol. The van der Waals surface area contributed by atoms with Crippen molar-refractivity contribution in [3.05, 3.63) is 16.1 Å². The number of carbonyl (C=O) groups excluding carboxylic acids is 1. The Morgan fingerprint density at radius 1 is 1.60 bits per heavy atom. The summed E-state index contributed by atoms with van der Waals surface area (Å²) in [5, 5.41) is 6.98. The molecule has 1 aromatic heterocycles. The second kappa shape index (κ2) is 6.53. The number of aromatic nitrogens is 1. The summed E-state index contributed by atoms with van der Waals surface area (Å²) in [5.41, 5.74) is 0. The van der Waals surface area contributed by atoms with Crippen molar-refractivity contribution in [2.75, 3.05) is 13.6 Å². The number of thiazole rings is 1. The number of aryl methyl sites for hydroxylation is 1. The fraction of sp³-hybridized carbons (Fsp3) is 0.600. The Morgan fingerprint density at radius 2 is 2.40 bits per heavy atom. The first kappa shape index (κ1) is 12.1. The topological polar surface area (TPSA) is 54.0 Å². The Morgan fingerprint density at radius 3 is 3.00 bits per heavy atom. The molecule has 84 valence electrons. The Labute approximate surface area is 94.1 Å². The van der Waals surface area contributed by atoms with E-state index in [0.717, 1.165) is 24.5 Å². The molecule has 1 aromatic rings. The van der Waals surface area contributed by atoms with Crippen LogP contribution in [0.3, 0.4) is 0 Å². The number of nitrogens with zero attached hydrogens (tertiary/aromatic N) is 1. The normalized spacial score (nSPS) is 10.3. The van der Waals surface area contributed by atoms with Crippen LogP contribution in [0.4, 0.5) is 0 Å². The van der Waals surface area contributed by atoms with Gasteiger partial charge >= 0.3 is 0 Å². The molecule has 1 amide bonds. The van der Waals surface area contributed by atoms with Crippen molar-refractivity contribution in [3.8, 4) is 0 Å². The molecule has 5 heteroatoms. The summed E-state index contributed by atoms with van der Waals surface area (Å²) < 4.78 is 0. The smallest absolute Gasteiger partial charge is 0.219 e. The molecule has 0 aliphatic rings. The fourth-order valence-corrected chi connectivity index (χ4v) is 1.96. The second-order valence-electron chi connectivity index (χ2n) is 3.30. The van der Waals surface area contributed by atoms with Gasteiger partial charge in [-0.25, -0.2) is 4.98 Å². The highest BCUT2D eigenvalue weighted by Gasteiger charge is 1.99. The molecular weight excluding hydrogens is 210 g/mol. The van der Waals surface area contributed by atoms with E-state index in [-0.39, 0.29) is 5.91 Å². The summed E-state index contributed by atoms with van der Waals surface area (Å²) in [7, 11) is 1.66. The first-order valence-electron chi connectivity index (χ1n) is 5.05. The highest BCUT2D eigenvalue weighted by atomic mass is 32.1. The van der Waals surface area contributed by atoms with Gasteiger partial charge in [0, 0.05) is 31.1 Å². The summed E-state index contributed by atoms with van der Waals surface area (Å²) in [6.45, 7) is 3.71. The Kier molecular flexibility index (Phi) is 5.28. The molecule has 0 unspecified atom stereocenters. The lowest BCUT2D eigenvalue weighted by molar-refractivity contribution is -0.120. The Hall–Kier alpha value is -0.940. The number of hydrogen-bond donors (Lipinski definition) is 2. The predicted molar refractivity (Wildman–Crippen MR) is 61.9 cm³/mol. The number of amides is 1. The van der Waals surface area contributed by atoms with Crippen molar-refractivity contribution in [1.29, 1.82) is 0 Å². The molecule has 0 saturated heterocycles.